The minimum absolute atomic E-state index is 0.136. The maximum absolute atomic E-state index is 11.8. The summed E-state index contributed by atoms with van der Waals surface area (Å²) in [4.78, 5) is 18.8. The summed E-state index contributed by atoms with van der Waals surface area (Å²) in [6, 6.07) is 5.29. The molecule has 0 saturated heterocycles. The van der Waals surface area contributed by atoms with Gasteiger partial charge in [0.25, 0.3) is 10.0 Å². The van der Waals surface area contributed by atoms with E-state index in [0.29, 0.717) is 12.0 Å². The Labute approximate surface area is 117 Å². The first kappa shape index (κ1) is 17.9. The lowest BCUT2D eigenvalue weighted by molar-refractivity contribution is -0.191. The Hall–Kier alpha value is -2.14. The minimum Gasteiger partial charge on any atom is -0.216 e. The molecule has 0 N–H and O–H groups in total. The predicted molar refractivity (Wildman–Crippen MR) is 71.2 cm³/mol. The SMILES string of the molecule is CCCc1ccc(CC)cc1S(=O)(=O)N=[N+]=[N-].O=C=O. The van der Waals surface area contributed by atoms with Crippen LogP contribution >= 0.6 is 0 Å². The molecule has 0 heterocycles. The lowest BCUT2D eigenvalue weighted by Crippen LogP contribution is -2.02. The van der Waals surface area contributed by atoms with Crippen LogP contribution in [0.2, 0.25) is 0 Å². The molecule has 0 aliphatic carbocycles. The molecule has 8 heteroatoms. The van der Waals surface area contributed by atoms with Crippen molar-refractivity contribution in [3.8, 4) is 0 Å². The molecule has 108 valence electrons. The number of benzene rings is 1. The van der Waals surface area contributed by atoms with Gasteiger partial charge in [-0.3, -0.25) is 0 Å². The highest BCUT2D eigenvalue weighted by Crippen LogP contribution is 2.22. The summed E-state index contributed by atoms with van der Waals surface area (Å²) in [6.07, 6.45) is 2.48. The summed E-state index contributed by atoms with van der Waals surface area (Å²) in [6.45, 7) is 3.91. The van der Waals surface area contributed by atoms with Crippen LogP contribution in [0.4, 0.5) is 0 Å². The summed E-state index contributed by atoms with van der Waals surface area (Å²) >= 11 is 0. The predicted octanol–water partition coefficient (Wildman–Crippen LogP) is 2.62. The van der Waals surface area contributed by atoms with Crippen LogP contribution in [0.1, 0.15) is 31.4 Å². The number of rotatable bonds is 5. The molecule has 0 aliphatic heterocycles. The molecule has 0 aliphatic rings. The van der Waals surface area contributed by atoms with E-state index in [-0.39, 0.29) is 11.0 Å². The number of aryl methyl sites for hydroxylation is 2. The van der Waals surface area contributed by atoms with E-state index in [2.05, 4.69) is 9.43 Å². The quantitative estimate of drug-likeness (QED) is 0.471. The van der Waals surface area contributed by atoms with E-state index in [9.17, 15) is 8.42 Å². The molecule has 1 aromatic rings. The molecular weight excluding hydrogens is 282 g/mol. The van der Waals surface area contributed by atoms with Crippen LogP contribution in [0.5, 0.6) is 0 Å². The van der Waals surface area contributed by atoms with Crippen LogP contribution in [0.3, 0.4) is 0 Å². The Balaban J connectivity index is 0.00000110. The molecule has 0 bridgehead atoms. The molecule has 0 aromatic heterocycles. The average molecular weight is 297 g/mol. The second-order valence-electron chi connectivity index (χ2n) is 3.78. The van der Waals surface area contributed by atoms with Crippen molar-refractivity contribution in [1.29, 1.82) is 0 Å². The fourth-order valence-corrected chi connectivity index (χ4v) is 2.61. The maximum Gasteiger partial charge on any atom is 0.373 e. The number of azide groups is 1. The summed E-state index contributed by atoms with van der Waals surface area (Å²) < 4.78 is 26.4. The van der Waals surface area contributed by atoms with Crippen molar-refractivity contribution < 1.29 is 18.0 Å². The third-order valence-corrected chi connectivity index (χ3v) is 3.70. The highest BCUT2D eigenvalue weighted by Gasteiger charge is 2.17. The molecule has 0 fully saturated rings. The molecule has 0 spiro atoms. The smallest absolute Gasteiger partial charge is 0.216 e. The number of sulfonamides is 1. The normalized spacial score (nSPS) is 9.70. The van der Waals surface area contributed by atoms with E-state index in [4.69, 9.17) is 15.1 Å². The zero-order valence-corrected chi connectivity index (χ0v) is 12.1. The zero-order chi connectivity index (χ0) is 15.6. The number of nitrogens with zero attached hydrogens (tertiary/aromatic N) is 3. The Morgan fingerprint density at radius 2 is 1.90 bits per heavy atom. The van der Waals surface area contributed by atoms with E-state index in [1.54, 1.807) is 12.1 Å². The number of hydrogen-bond donors (Lipinski definition) is 0. The topological polar surface area (TPSA) is 117 Å². The first-order valence-electron chi connectivity index (χ1n) is 5.89. The summed E-state index contributed by atoms with van der Waals surface area (Å²) in [7, 11) is -3.89. The van der Waals surface area contributed by atoms with Crippen molar-refractivity contribution in [2.75, 3.05) is 0 Å². The van der Waals surface area contributed by atoms with Crippen molar-refractivity contribution in [3.63, 3.8) is 0 Å². The van der Waals surface area contributed by atoms with Gasteiger partial charge in [0.2, 0.25) is 0 Å². The van der Waals surface area contributed by atoms with E-state index in [0.717, 1.165) is 18.4 Å². The second-order valence-corrected chi connectivity index (χ2v) is 5.33. The van der Waals surface area contributed by atoms with Crippen LogP contribution in [-0.2, 0) is 32.5 Å². The van der Waals surface area contributed by atoms with E-state index < -0.39 is 10.0 Å². The van der Waals surface area contributed by atoms with E-state index in [1.807, 2.05) is 19.9 Å². The van der Waals surface area contributed by atoms with Crippen molar-refractivity contribution in [2.24, 2.45) is 4.52 Å². The molecule has 1 aromatic carbocycles. The van der Waals surface area contributed by atoms with Crippen LogP contribution in [0, 0.1) is 0 Å². The molecule has 0 radical (unpaired) electrons. The van der Waals surface area contributed by atoms with Crippen molar-refractivity contribution in [3.05, 3.63) is 39.8 Å². The lowest BCUT2D eigenvalue weighted by Gasteiger charge is -2.08. The van der Waals surface area contributed by atoms with Gasteiger partial charge >= 0.3 is 6.15 Å². The van der Waals surface area contributed by atoms with Gasteiger partial charge in [-0.1, -0.05) is 32.4 Å². The summed E-state index contributed by atoms with van der Waals surface area (Å²) in [5, 5.41) is 0. The monoisotopic (exact) mass is 297 g/mol. The van der Waals surface area contributed by atoms with E-state index >= 15 is 0 Å². The van der Waals surface area contributed by atoms with Gasteiger partial charge in [0.15, 0.2) is 0 Å². The molecule has 0 amide bonds. The van der Waals surface area contributed by atoms with Gasteiger partial charge in [-0.2, -0.15) is 9.59 Å². The number of carbonyl (C=O) groups excluding carboxylic acids is 2. The van der Waals surface area contributed by atoms with Crippen molar-refractivity contribution in [1.82, 2.24) is 0 Å². The first-order chi connectivity index (χ1) is 9.46. The van der Waals surface area contributed by atoms with Gasteiger partial charge < -0.3 is 0 Å². The lowest BCUT2D eigenvalue weighted by atomic mass is 10.1. The highest BCUT2D eigenvalue weighted by atomic mass is 32.2. The maximum atomic E-state index is 11.8. The zero-order valence-electron chi connectivity index (χ0n) is 11.2. The van der Waals surface area contributed by atoms with Gasteiger partial charge in [-0.15, -0.1) is 0 Å². The summed E-state index contributed by atoms with van der Waals surface area (Å²) in [5.41, 5.74) is 9.91. The largest absolute Gasteiger partial charge is 0.373 e. The van der Waals surface area contributed by atoms with Gasteiger partial charge in [0.05, 0.1) is 4.90 Å². The summed E-state index contributed by atoms with van der Waals surface area (Å²) in [5.74, 6) is 0. The number of hydrogen-bond acceptors (Lipinski definition) is 4. The van der Waals surface area contributed by atoms with Gasteiger partial charge in [-0.05, 0) is 35.6 Å². The molecule has 0 atom stereocenters. The molecule has 7 nitrogen and oxygen atoms in total. The third kappa shape index (κ3) is 5.24. The molecule has 1 rings (SSSR count). The van der Waals surface area contributed by atoms with Crippen LogP contribution in [0.25, 0.3) is 10.4 Å². The Morgan fingerprint density at radius 3 is 2.35 bits per heavy atom. The van der Waals surface area contributed by atoms with Crippen molar-refractivity contribution in [2.45, 2.75) is 38.0 Å². The highest BCUT2D eigenvalue weighted by molar-refractivity contribution is 7.90. The standard InChI is InChI=1S/C11H15N3O2S.CO2/c1-3-5-10-7-6-9(4-2)8-11(10)17(15,16)14-13-12;2-1-3/h6-8H,3-5H2,1-2H3;. The minimum atomic E-state index is -3.89. The Morgan fingerprint density at radius 1 is 1.30 bits per heavy atom. The average Bonchev–Trinajstić information content (AvgIpc) is 2.40. The first-order valence-corrected chi connectivity index (χ1v) is 7.33. The van der Waals surface area contributed by atoms with Gasteiger partial charge in [0.1, 0.15) is 0 Å². The van der Waals surface area contributed by atoms with Crippen LogP contribution < -0.4 is 0 Å². The fraction of sp³-hybridized carbons (Fsp3) is 0.417. The molecular formula is C12H15N3O4S. The molecule has 0 unspecified atom stereocenters. The van der Waals surface area contributed by atoms with Crippen LogP contribution in [0.15, 0.2) is 27.6 Å². The van der Waals surface area contributed by atoms with Gasteiger partial charge in [0, 0.05) is 9.43 Å². The van der Waals surface area contributed by atoms with Gasteiger partial charge in [-0.25, -0.2) is 8.42 Å². The van der Waals surface area contributed by atoms with Crippen molar-refractivity contribution >= 4 is 16.2 Å². The third-order valence-electron chi connectivity index (χ3n) is 2.48. The molecule has 20 heavy (non-hydrogen) atoms. The Kier molecular flexibility index (Phi) is 7.93. The Bertz CT molecular complexity index is 628. The molecule has 0 saturated carbocycles. The fourth-order valence-electron chi connectivity index (χ4n) is 1.63. The second kappa shape index (κ2) is 8.87. The van der Waals surface area contributed by atoms with Crippen LogP contribution in [-0.4, -0.2) is 14.6 Å². The van der Waals surface area contributed by atoms with E-state index in [1.165, 1.54) is 0 Å².